The molecule has 0 spiro atoms. The standard InChI is InChI=1S/C12H13N3O.C2H6/c1-7-2-3-8-10(6-7)16-5-4-9-11(8)15-12(13)14-9;1-2/h2-3,6H,4-5H2,1H3,(H3,13,14,15);1-2H3. The number of aromatic nitrogens is 2. The van der Waals surface area contributed by atoms with Crippen LogP contribution in [0.5, 0.6) is 5.75 Å². The number of nitrogens with one attached hydrogen (secondary N) is 1. The fraction of sp³-hybridized carbons (Fsp3) is 0.357. The minimum absolute atomic E-state index is 0.471. The van der Waals surface area contributed by atoms with E-state index in [-0.39, 0.29) is 0 Å². The van der Waals surface area contributed by atoms with Crippen LogP contribution in [0.4, 0.5) is 5.95 Å². The molecule has 2 heterocycles. The summed E-state index contributed by atoms with van der Waals surface area (Å²) in [5.41, 5.74) is 9.87. The number of nitrogen functional groups attached to an aromatic ring is 1. The molecule has 0 amide bonds. The second kappa shape index (κ2) is 5.12. The lowest BCUT2D eigenvalue weighted by Crippen LogP contribution is -1.99. The van der Waals surface area contributed by atoms with E-state index in [1.165, 1.54) is 5.56 Å². The van der Waals surface area contributed by atoms with Crippen LogP contribution in [0.1, 0.15) is 25.1 Å². The topological polar surface area (TPSA) is 63.9 Å². The zero-order valence-corrected chi connectivity index (χ0v) is 11.1. The van der Waals surface area contributed by atoms with E-state index < -0.39 is 0 Å². The Bertz CT molecular complexity index is 546. The van der Waals surface area contributed by atoms with Crippen molar-refractivity contribution in [2.45, 2.75) is 27.2 Å². The number of benzene rings is 1. The Balaban J connectivity index is 0.000000574. The average molecular weight is 245 g/mol. The van der Waals surface area contributed by atoms with Crippen LogP contribution in [-0.2, 0) is 6.42 Å². The quantitative estimate of drug-likeness (QED) is 0.750. The van der Waals surface area contributed by atoms with Gasteiger partial charge in [0.1, 0.15) is 5.75 Å². The van der Waals surface area contributed by atoms with Crippen molar-refractivity contribution in [1.82, 2.24) is 9.97 Å². The van der Waals surface area contributed by atoms with Crippen LogP contribution in [0.3, 0.4) is 0 Å². The lowest BCUT2D eigenvalue weighted by Gasteiger charge is -2.07. The zero-order valence-electron chi connectivity index (χ0n) is 11.1. The van der Waals surface area contributed by atoms with Gasteiger partial charge in [-0.05, 0) is 24.6 Å². The van der Waals surface area contributed by atoms with Crippen LogP contribution in [0.15, 0.2) is 18.2 Å². The molecule has 0 unspecified atom stereocenters. The van der Waals surface area contributed by atoms with E-state index in [2.05, 4.69) is 16.0 Å². The van der Waals surface area contributed by atoms with Gasteiger partial charge >= 0.3 is 0 Å². The normalized spacial score (nSPS) is 12.4. The molecule has 0 saturated carbocycles. The van der Waals surface area contributed by atoms with Crippen molar-refractivity contribution >= 4 is 5.95 Å². The van der Waals surface area contributed by atoms with Gasteiger partial charge in [0, 0.05) is 17.7 Å². The summed E-state index contributed by atoms with van der Waals surface area (Å²) in [6.45, 7) is 6.71. The molecule has 3 rings (SSSR count). The summed E-state index contributed by atoms with van der Waals surface area (Å²) in [5, 5.41) is 0. The lowest BCUT2D eigenvalue weighted by molar-refractivity contribution is 0.325. The predicted octanol–water partition coefficient (Wildman–Crippen LogP) is 2.93. The van der Waals surface area contributed by atoms with Crippen molar-refractivity contribution in [1.29, 1.82) is 0 Å². The molecule has 3 N–H and O–H groups in total. The Kier molecular flexibility index (Phi) is 3.55. The van der Waals surface area contributed by atoms with Gasteiger partial charge in [0.05, 0.1) is 12.3 Å². The first-order chi connectivity index (χ1) is 8.74. The van der Waals surface area contributed by atoms with E-state index in [1.54, 1.807) is 0 Å². The Labute approximate surface area is 107 Å². The molecule has 0 aliphatic carbocycles. The van der Waals surface area contributed by atoms with Crippen molar-refractivity contribution < 1.29 is 4.74 Å². The number of nitrogens with zero attached hydrogens (tertiary/aromatic N) is 1. The summed E-state index contributed by atoms with van der Waals surface area (Å²) in [5.74, 6) is 1.36. The number of nitrogens with two attached hydrogens (primary N) is 1. The first-order valence-corrected chi connectivity index (χ1v) is 6.32. The third-order valence-electron chi connectivity index (χ3n) is 2.80. The number of H-pyrrole nitrogens is 1. The van der Waals surface area contributed by atoms with E-state index in [4.69, 9.17) is 10.5 Å². The third kappa shape index (κ3) is 2.18. The summed E-state index contributed by atoms with van der Waals surface area (Å²) in [6.07, 6.45) is 0.813. The van der Waals surface area contributed by atoms with Gasteiger partial charge < -0.3 is 15.5 Å². The van der Waals surface area contributed by atoms with E-state index >= 15 is 0 Å². The fourth-order valence-electron chi connectivity index (χ4n) is 2.04. The third-order valence-corrected chi connectivity index (χ3v) is 2.80. The van der Waals surface area contributed by atoms with Gasteiger partial charge in [-0.2, -0.15) is 0 Å². The second-order valence-corrected chi connectivity index (χ2v) is 4.05. The molecule has 1 aliphatic heterocycles. The first-order valence-electron chi connectivity index (χ1n) is 6.32. The molecule has 1 aromatic heterocycles. The monoisotopic (exact) mass is 245 g/mol. The first kappa shape index (κ1) is 12.5. The molecule has 4 heteroatoms. The Morgan fingerprint density at radius 1 is 1.33 bits per heavy atom. The van der Waals surface area contributed by atoms with Crippen molar-refractivity contribution in [3.63, 3.8) is 0 Å². The summed E-state index contributed by atoms with van der Waals surface area (Å²) in [7, 11) is 0. The van der Waals surface area contributed by atoms with Gasteiger partial charge in [-0.1, -0.05) is 19.9 Å². The summed E-state index contributed by atoms with van der Waals surface area (Å²) >= 11 is 0. The highest BCUT2D eigenvalue weighted by molar-refractivity contribution is 5.71. The summed E-state index contributed by atoms with van der Waals surface area (Å²) in [6, 6.07) is 6.13. The number of imidazole rings is 1. The number of aromatic amines is 1. The number of hydrogen-bond donors (Lipinski definition) is 2. The number of fused-ring (bicyclic) bond motifs is 3. The van der Waals surface area contributed by atoms with Crippen molar-refractivity contribution in [2.24, 2.45) is 0 Å². The molecule has 18 heavy (non-hydrogen) atoms. The van der Waals surface area contributed by atoms with Crippen LogP contribution < -0.4 is 10.5 Å². The zero-order chi connectivity index (χ0) is 13.1. The van der Waals surface area contributed by atoms with E-state index in [1.807, 2.05) is 32.9 Å². The van der Waals surface area contributed by atoms with Gasteiger partial charge in [0.25, 0.3) is 0 Å². The highest BCUT2D eigenvalue weighted by Crippen LogP contribution is 2.34. The number of hydrogen-bond acceptors (Lipinski definition) is 3. The van der Waals surface area contributed by atoms with Crippen molar-refractivity contribution in [3.8, 4) is 17.0 Å². The van der Waals surface area contributed by atoms with Crippen LogP contribution in [-0.4, -0.2) is 16.6 Å². The molecule has 0 radical (unpaired) electrons. The maximum absolute atomic E-state index is 5.71. The van der Waals surface area contributed by atoms with Crippen LogP contribution in [0.25, 0.3) is 11.3 Å². The van der Waals surface area contributed by atoms with E-state index in [0.29, 0.717) is 12.6 Å². The molecule has 0 fully saturated rings. The number of rotatable bonds is 0. The molecular weight excluding hydrogens is 226 g/mol. The number of ether oxygens (including phenoxy) is 1. The molecule has 2 aromatic rings. The van der Waals surface area contributed by atoms with Gasteiger partial charge in [-0.25, -0.2) is 4.98 Å². The van der Waals surface area contributed by atoms with Crippen LogP contribution in [0.2, 0.25) is 0 Å². The number of anilines is 1. The van der Waals surface area contributed by atoms with E-state index in [0.717, 1.165) is 29.1 Å². The minimum Gasteiger partial charge on any atom is -0.492 e. The predicted molar refractivity (Wildman–Crippen MR) is 73.7 cm³/mol. The lowest BCUT2D eigenvalue weighted by atomic mass is 10.1. The summed E-state index contributed by atoms with van der Waals surface area (Å²) in [4.78, 5) is 7.40. The maximum Gasteiger partial charge on any atom is 0.198 e. The Morgan fingerprint density at radius 3 is 2.89 bits per heavy atom. The van der Waals surface area contributed by atoms with Gasteiger partial charge in [0.2, 0.25) is 0 Å². The SMILES string of the molecule is CC.Cc1ccc2c(c1)OCCc1[nH]c(N)nc1-2. The van der Waals surface area contributed by atoms with Gasteiger partial charge in [0.15, 0.2) is 5.95 Å². The summed E-state index contributed by atoms with van der Waals surface area (Å²) < 4.78 is 5.71. The maximum atomic E-state index is 5.71. The van der Waals surface area contributed by atoms with Crippen molar-refractivity contribution in [2.75, 3.05) is 12.3 Å². The van der Waals surface area contributed by atoms with Gasteiger partial charge in [-0.3, -0.25) is 0 Å². The molecule has 4 nitrogen and oxygen atoms in total. The molecule has 96 valence electrons. The van der Waals surface area contributed by atoms with Crippen LogP contribution >= 0.6 is 0 Å². The van der Waals surface area contributed by atoms with Gasteiger partial charge in [-0.15, -0.1) is 0 Å². The fourth-order valence-corrected chi connectivity index (χ4v) is 2.04. The molecule has 1 aliphatic rings. The largest absolute Gasteiger partial charge is 0.492 e. The molecule has 1 aromatic carbocycles. The molecular formula is C14H19N3O. The highest BCUT2D eigenvalue weighted by atomic mass is 16.5. The molecule has 0 saturated heterocycles. The average Bonchev–Trinajstić information content (AvgIpc) is 2.65. The van der Waals surface area contributed by atoms with Crippen LogP contribution in [0, 0.1) is 6.92 Å². The molecule has 0 bridgehead atoms. The number of aryl methyl sites for hydroxylation is 1. The minimum atomic E-state index is 0.471. The Morgan fingerprint density at radius 2 is 2.11 bits per heavy atom. The van der Waals surface area contributed by atoms with E-state index in [9.17, 15) is 0 Å². The Hall–Kier alpha value is -1.97. The molecule has 0 atom stereocenters. The second-order valence-electron chi connectivity index (χ2n) is 4.05. The smallest absolute Gasteiger partial charge is 0.198 e. The van der Waals surface area contributed by atoms with Crippen molar-refractivity contribution in [3.05, 3.63) is 29.5 Å². The highest BCUT2D eigenvalue weighted by Gasteiger charge is 2.18.